The average Bonchev–Trinajstić information content (AvgIpc) is 1.57. The lowest BCUT2D eigenvalue weighted by Crippen LogP contribution is -2.02. The molecule has 0 saturated heterocycles. The summed E-state index contributed by atoms with van der Waals surface area (Å²) in [6, 6.07) is 135. The molecule has 0 fully saturated rings. The van der Waals surface area contributed by atoms with Crippen LogP contribution in [-0.2, 0) is 0 Å². The summed E-state index contributed by atoms with van der Waals surface area (Å²) < 4.78 is 20.9. The lowest BCUT2D eigenvalue weighted by Gasteiger charge is -2.14. The number of hydrogen-bond acceptors (Lipinski definition) is 8. The Morgan fingerprint density at radius 2 is 0.624 bits per heavy atom. The molecule has 548 valence electrons. The highest BCUT2D eigenvalue weighted by Gasteiger charge is 2.25. The van der Waals surface area contributed by atoms with Crippen LogP contribution in [0.25, 0.3) is 195 Å². The van der Waals surface area contributed by atoms with Crippen molar-refractivity contribution >= 4 is 87.2 Å². The minimum absolute atomic E-state index is 0.0552. The number of halogens is 1. The van der Waals surface area contributed by atoms with E-state index in [1.807, 2.05) is 176 Å². The summed E-state index contributed by atoms with van der Waals surface area (Å²) in [6.07, 6.45) is 0. The molecule has 22 rings (SSSR count). The van der Waals surface area contributed by atoms with E-state index in [0.29, 0.717) is 46.1 Å². The van der Waals surface area contributed by atoms with E-state index in [4.69, 9.17) is 24.9 Å². The van der Waals surface area contributed by atoms with E-state index in [1.54, 1.807) is 6.07 Å². The molecule has 22 aromatic rings. The number of aromatic nitrogens is 10. The summed E-state index contributed by atoms with van der Waals surface area (Å²) in [7, 11) is 0. The molecule has 0 unspecified atom stereocenters. The van der Waals surface area contributed by atoms with E-state index in [-0.39, 0.29) is 5.56 Å². The van der Waals surface area contributed by atoms with Gasteiger partial charge in [0, 0.05) is 93.4 Å². The van der Waals surface area contributed by atoms with Gasteiger partial charge in [0.25, 0.3) is 0 Å². The average molecular weight is 1500 g/mol. The van der Waals surface area contributed by atoms with Gasteiger partial charge in [0.15, 0.2) is 34.9 Å². The first-order valence-corrected chi connectivity index (χ1v) is 38.6. The lowest BCUT2D eigenvalue weighted by atomic mass is 9.99. The van der Waals surface area contributed by atoms with E-state index < -0.39 is 5.82 Å². The molecule has 0 saturated carbocycles. The minimum atomic E-state index is -0.576. The largest absolute Gasteiger partial charge is 0.354 e. The maximum Gasteiger partial charge on any atom is 0.164 e. The van der Waals surface area contributed by atoms with Crippen molar-refractivity contribution in [2.24, 2.45) is 0 Å². The maximum atomic E-state index is 13.9. The third-order valence-electron chi connectivity index (χ3n) is 21.6. The fourth-order valence-electron chi connectivity index (χ4n) is 16.3. The topological polar surface area (TPSA) is 155 Å². The van der Waals surface area contributed by atoms with E-state index >= 15 is 0 Å². The highest BCUT2D eigenvalue weighted by atomic mass is 19.1. The van der Waals surface area contributed by atoms with Crippen molar-refractivity contribution in [2.75, 3.05) is 0 Å². The zero-order valence-electron chi connectivity index (χ0n) is 62.7. The van der Waals surface area contributed by atoms with Crippen molar-refractivity contribution in [3.63, 3.8) is 0 Å². The first-order valence-electron chi connectivity index (χ1n) is 38.6. The third-order valence-corrected chi connectivity index (χ3v) is 21.6. The second kappa shape index (κ2) is 30.0. The summed E-state index contributed by atoms with van der Waals surface area (Å²) in [6.45, 7) is 0. The molecule has 0 atom stereocenters. The van der Waals surface area contributed by atoms with Gasteiger partial charge in [0.05, 0.1) is 55.4 Å². The van der Waals surface area contributed by atoms with Crippen LogP contribution in [0.1, 0.15) is 11.1 Å². The van der Waals surface area contributed by atoms with E-state index in [9.17, 15) is 14.9 Å². The van der Waals surface area contributed by atoms with Gasteiger partial charge in [-0.1, -0.05) is 291 Å². The number of H-pyrrole nitrogens is 1. The number of hydrogen-bond donors (Lipinski definition) is 1. The van der Waals surface area contributed by atoms with Crippen LogP contribution in [0.2, 0.25) is 0 Å². The second-order valence-electron chi connectivity index (χ2n) is 28.5. The fraction of sp³-hybridized carbons (Fsp3) is 0. The molecule has 1 N–H and O–H groups in total. The van der Waals surface area contributed by atoms with Crippen molar-refractivity contribution in [3.8, 4) is 120 Å². The van der Waals surface area contributed by atoms with Crippen molar-refractivity contribution in [2.45, 2.75) is 0 Å². The van der Waals surface area contributed by atoms with Gasteiger partial charge in [-0.05, 0) is 119 Å². The zero-order chi connectivity index (χ0) is 78.3. The van der Waals surface area contributed by atoms with Crippen LogP contribution in [0, 0.1) is 28.5 Å². The highest BCUT2D eigenvalue weighted by molar-refractivity contribution is 6.27. The number of rotatable bonds is 11. The first kappa shape index (κ1) is 69.8. The van der Waals surface area contributed by atoms with Gasteiger partial charge in [0.2, 0.25) is 0 Å². The molecule has 0 aliphatic carbocycles. The highest BCUT2D eigenvalue weighted by Crippen LogP contribution is 2.45. The molecule has 0 radical (unpaired) electrons. The normalized spacial score (nSPS) is 11.3. The van der Waals surface area contributed by atoms with Crippen LogP contribution in [-0.4, -0.2) is 48.6 Å². The van der Waals surface area contributed by atoms with Gasteiger partial charge in [0.1, 0.15) is 18.0 Å². The van der Waals surface area contributed by atoms with Crippen LogP contribution < -0.4 is 0 Å². The van der Waals surface area contributed by atoms with Crippen molar-refractivity contribution in [1.82, 2.24) is 48.6 Å². The molecular weight excluding hydrogens is 1440 g/mol. The number of para-hydroxylation sites is 6. The molecule has 117 heavy (non-hydrogen) atoms. The Labute approximate surface area is 671 Å². The molecule has 12 nitrogen and oxygen atoms in total. The van der Waals surface area contributed by atoms with Gasteiger partial charge in [-0.2, -0.15) is 10.5 Å². The van der Waals surface area contributed by atoms with Crippen LogP contribution in [0.4, 0.5) is 4.39 Å². The van der Waals surface area contributed by atoms with Crippen molar-refractivity contribution in [3.05, 3.63) is 405 Å². The maximum absolute atomic E-state index is 13.9. The molecule has 13 heteroatoms. The van der Waals surface area contributed by atoms with Crippen LogP contribution in [0.3, 0.4) is 0 Å². The number of aromatic amines is 1. The quantitative estimate of drug-likeness (QED) is 0.134. The second-order valence-corrected chi connectivity index (χ2v) is 28.5. The van der Waals surface area contributed by atoms with Gasteiger partial charge in [-0.3, -0.25) is 0 Å². The summed E-state index contributed by atoms with van der Waals surface area (Å²) in [5.74, 6) is 2.41. The predicted octanol–water partition coefficient (Wildman–Crippen LogP) is 25.6. The Balaban J connectivity index is 0.000000125. The molecule has 6 aromatic heterocycles. The van der Waals surface area contributed by atoms with Gasteiger partial charge < -0.3 is 18.7 Å². The monoisotopic (exact) mass is 1500 g/mol. The third kappa shape index (κ3) is 12.7. The molecule has 16 aromatic carbocycles. The van der Waals surface area contributed by atoms with Gasteiger partial charge in [-0.15, -0.1) is 0 Å². The van der Waals surface area contributed by atoms with Crippen molar-refractivity contribution < 1.29 is 4.39 Å². The molecule has 0 aliphatic heterocycles. The van der Waals surface area contributed by atoms with E-state index in [0.717, 1.165) is 105 Å². The Morgan fingerprint density at radius 1 is 0.256 bits per heavy atom. The van der Waals surface area contributed by atoms with Crippen molar-refractivity contribution in [1.29, 1.82) is 10.5 Å². The van der Waals surface area contributed by atoms with Crippen LogP contribution in [0.15, 0.2) is 388 Å². The molecule has 0 spiro atoms. The SMILES string of the molecule is N#Cc1cc(-c2nc(-c3ccccc3)nc(-c3ccccc3-c3ccccc3)n2)ccc1-n1c2ccccc2c2ccc3c(c4ccccc4n3-c3ccccc3)c21.N#Cc1cc(-c2nc(-c3ccccc3)nc(-c3ccccc3-c3ccccc3)n2)ccc1F.c1ccc(-n2c3ccccc3c3c4[nH]c5ccccc5c4ccc32)cc1. The van der Waals surface area contributed by atoms with Gasteiger partial charge in [-0.25, -0.2) is 34.3 Å². The van der Waals surface area contributed by atoms with E-state index in [2.05, 4.69) is 230 Å². The molecule has 0 bridgehead atoms. The smallest absolute Gasteiger partial charge is 0.164 e. The number of benzene rings is 16. The van der Waals surface area contributed by atoms with E-state index in [1.165, 1.54) is 61.4 Å². The molecular formula is C104H65FN12. The Bertz CT molecular complexity index is 7660. The number of nitrogens with zero attached hydrogens (tertiary/aromatic N) is 11. The van der Waals surface area contributed by atoms with Crippen LogP contribution in [0.5, 0.6) is 0 Å². The lowest BCUT2D eigenvalue weighted by molar-refractivity contribution is 0.624. The Hall–Kier alpha value is -16.4. The summed E-state index contributed by atoms with van der Waals surface area (Å²) >= 11 is 0. The number of fused-ring (bicyclic) bond motifs is 14. The fourth-order valence-corrected chi connectivity index (χ4v) is 16.3. The molecule has 0 aliphatic rings. The Morgan fingerprint density at radius 3 is 1.13 bits per heavy atom. The zero-order valence-corrected chi connectivity index (χ0v) is 62.7. The Kier molecular flexibility index (Phi) is 17.9. The van der Waals surface area contributed by atoms with Gasteiger partial charge >= 0.3 is 0 Å². The molecule has 6 heterocycles. The standard InChI is InChI=1S/C52H32N6.C28H17FN4.C24H16N2/c53-33-37-32-36(51-54-50(35-18-6-2-7-19-35)55-52(56-51)42-24-11-10-22-39(42)34-16-4-1-5-17-34)28-30-44(37)58-45-26-14-12-23-40(45)41-29-31-47-48(49(41)58)43-25-13-15-27-46(43)57(47)38-20-8-3-9-21-38;29-25-16-15-21(17-22(25)18-30)27-31-26(20-11-5-2-6-12-20)32-28(33-27)24-14-8-7-13-23(24)19-9-3-1-4-10-19;1-2-8-16(9-3-1)26-21-13-7-5-11-19(21)23-22(26)15-14-18-17-10-4-6-12-20(17)25-24(18)23/h1-32H;1-17H;1-15,25H. The first-order chi connectivity index (χ1) is 57.9. The summed E-state index contributed by atoms with van der Waals surface area (Å²) in [5.41, 5.74) is 21.6. The predicted molar refractivity (Wildman–Crippen MR) is 471 cm³/mol. The summed E-state index contributed by atoms with van der Waals surface area (Å²) in [5, 5.41) is 29.9. The number of nitrogens with one attached hydrogen (secondary N) is 1. The summed E-state index contributed by atoms with van der Waals surface area (Å²) in [4.78, 5) is 33.0. The molecule has 0 amide bonds. The number of nitriles is 2. The van der Waals surface area contributed by atoms with Crippen LogP contribution >= 0.6 is 0 Å². The minimum Gasteiger partial charge on any atom is -0.354 e.